The zero-order chi connectivity index (χ0) is 10.8. The van der Waals surface area contributed by atoms with Crippen LogP contribution >= 0.6 is 12.2 Å². The number of hydrogen-bond acceptors (Lipinski definition) is 3. The molecule has 14 heavy (non-hydrogen) atoms. The van der Waals surface area contributed by atoms with Crippen LogP contribution < -0.4 is 10.5 Å². The molecule has 76 valence electrons. The van der Waals surface area contributed by atoms with Gasteiger partial charge in [-0.15, -0.1) is 0 Å². The highest BCUT2D eigenvalue weighted by Gasteiger charge is 2.16. The molecule has 1 aromatic heterocycles. The summed E-state index contributed by atoms with van der Waals surface area (Å²) in [7, 11) is 0. The highest BCUT2D eigenvalue weighted by molar-refractivity contribution is 7.80. The van der Waals surface area contributed by atoms with Gasteiger partial charge in [-0.3, -0.25) is 0 Å². The van der Waals surface area contributed by atoms with Gasteiger partial charge in [-0.1, -0.05) is 12.2 Å². The zero-order valence-electron chi connectivity index (χ0n) is 8.57. The minimum atomic E-state index is -0.298. The fourth-order valence-corrected chi connectivity index (χ4v) is 1.11. The summed E-state index contributed by atoms with van der Waals surface area (Å²) in [6.07, 6.45) is 1.66. The molecule has 1 aromatic rings. The molecule has 0 aliphatic heterocycles. The van der Waals surface area contributed by atoms with Crippen LogP contribution in [0.2, 0.25) is 0 Å². The predicted molar refractivity (Wildman–Crippen MR) is 60.5 cm³/mol. The SMILES string of the molecule is CC(C)(C)Oc1ncccc1C(N)=S. The second-order valence-electron chi connectivity index (χ2n) is 3.93. The Morgan fingerprint density at radius 1 is 1.50 bits per heavy atom. The molecule has 0 aliphatic carbocycles. The van der Waals surface area contributed by atoms with Crippen molar-refractivity contribution in [1.29, 1.82) is 0 Å². The van der Waals surface area contributed by atoms with E-state index in [0.717, 1.165) is 0 Å². The third kappa shape index (κ3) is 2.96. The average Bonchev–Trinajstić information content (AvgIpc) is 2.01. The fourth-order valence-electron chi connectivity index (χ4n) is 0.950. The van der Waals surface area contributed by atoms with E-state index in [2.05, 4.69) is 4.98 Å². The summed E-state index contributed by atoms with van der Waals surface area (Å²) < 4.78 is 5.62. The number of nitrogens with zero attached hydrogens (tertiary/aromatic N) is 1. The number of rotatable bonds is 2. The molecule has 4 heteroatoms. The molecule has 0 atom stereocenters. The van der Waals surface area contributed by atoms with Crippen LogP contribution in [0, 0.1) is 0 Å². The van der Waals surface area contributed by atoms with Gasteiger partial charge in [0.1, 0.15) is 10.6 Å². The summed E-state index contributed by atoms with van der Waals surface area (Å²) in [5.74, 6) is 0.493. The predicted octanol–water partition coefficient (Wildman–Crippen LogP) is 1.89. The maximum Gasteiger partial charge on any atom is 0.224 e. The van der Waals surface area contributed by atoms with Gasteiger partial charge in [0, 0.05) is 6.20 Å². The minimum Gasteiger partial charge on any atom is -0.471 e. The molecule has 0 fully saturated rings. The van der Waals surface area contributed by atoms with Crippen molar-refractivity contribution in [3.05, 3.63) is 23.9 Å². The van der Waals surface area contributed by atoms with Crippen molar-refractivity contribution in [3.8, 4) is 5.88 Å². The molecule has 0 saturated heterocycles. The smallest absolute Gasteiger partial charge is 0.224 e. The number of ether oxygens (including phenoxy) is 1. The summed E-state index contributed by atoms with van der Waals surface area (Å²) in [4.78, 5) is 4.40. The molecular formula is C10H14N2OS. The first kappa shape index (κ1) is 10.9. The van der Waals surface area contributed by atoms with Crippen molar-refractivity contribution in [2.24, 2.45) is 5.73 Å². The molecular weight excluding hydrogens is 196 g/mol. The largest absolute Gasteiger partial charge is 0.471 e. The van der Waals surface area contributed by atoms with E-state index in [9.17, 15) is 0 Å². The molecule has 1 rings (SSSR count). The van der Waals surface area contributed by atoms with Crippen LogP contribution in [0.4, 0.5) is 0 Å². The van der Waals surface area contributed by atoms with Crippen molar-refractivity contribution < 1.29 is 4.74 Å². The van der Waals surface area contributed by atoms with Crippen molar-refractivity contribution in [2.45, 2.75) is 26.4 Å². The summed E-state index contributed by atoms with van der Waals surface area (Å²) in [5, 5.41) is 0. The Bertz CT molecular complexity index is 344. The van der Waals surface area contributed by atoms with E-state index < -0.39 is 0 Å². The molecule has 0 aliphatic rings. The van der Waals surface area contributed by atoms with Gasteiger partial charge in [-0.2, -0.15) is 0 Å². The second kappa shape index (κ2) is 3.92. The summed E-state index contributed by atoms with van der Waals surface area (Å²) in [6, 6.07) is 3.58. The van der Waals surface area contributed by atoms with E-state index in [-0.39, 0.29) is 5.60 Å². The third-order valence-corrected chi connectivity index (χ3v) is 1.66. The molecule has 0 saturated carbocycles. The quantitative estimate of drug-likeness (QED) is 0.757. The van der Waals surface area contributed by atoms with E-state index in [0.29, 0.717) is 16.4 Å². The molecule has 0 spiro atoms. The van der Waals surface area contributed by atoms with Gasteiger partial charge in [-0.05, 0) is 32.9 Å². The Hall–Kier alpha value is -1.16. The van der Waals surface area contributed by atoms with Gasteiger partial charge < -0.3 is 10.5 Å². The lowest BCUT2D eigenvalue weighted by atomic mass is 10.2. The maximum atomic E-state index is 5.62. The van der Waals surface area contributed by atoms with E-state index in [1.165, 1.54) is 0 Å². The molecule has 0 amide bonds. The lowest BCUT2D eigenvalue weighted by Crippen LogP contribution is -2.25. The van der Waals surface area contributed by atoms with Crippen LogP contribution in [0.15, 0.2) is 18.3 Å². The van der Waals surface area contributed by atoms with Gasteiger partial charge >= 0.3 is 0 Å². The average molecular weight is 210 g/mol. The molecule has 0 radical (unpaired) electrons. The van der Waals surface area contributed by atoms with Crippen LogP contribution in [0.3, 0.4) is 0 Å². The monoisotopic (exact) mass is 210 g/mol. The molecule has 1 heterocycles. The summed E-state index contributed by atoms with van der Waals surface area (Å²) in [5.41, 5.74) is 5.93. The lowest BCUT2D eigenvalue weighted by Gasteiger charge is -2.21. The van der Waals surface area contributed by atoms with Crippen molar-refractivity contribution >= 4 is 17.2 Å². The minimum absolute atomic E-state index is 0.298. The van der Waals surface area contributed by atoms with E-state index in [1.54, 1.807) is 18.3 Å². The van der Waals surface area contributed by atoms with Crippen LogP contribution in [-0.2, 0) is 0 Å². The Morgan fingerprint density at radius 3 is 2.64 bits per heavy atom. The van der Waals surface area contributed by atoms with Crippen LogP contribution in [-0.4, -0.2) is 15.6 Å². The van der Waals surface area contributed by atoms with Gasteiger partial charge in [0.25, 0.3) is 0 Å². The Kier molecular flexibility index (Phi) is 3.06. The van der Waals surface area contributed by atoms with E-state index in [4.69, 9.17) is 22.7 Å². The second-order valence-corrected chi connectivity index (χ2v) is 4.37. The number of hydrogen-bond donors (Lipinski definition) is 1. The Morgan fingerprint density at radius 2 is 2.14 bits per heavy atom. The van der Waals surface area contributed by atoms with Crippen molar-refractivity contribution in [1.82, 2.24) is 4.98 Å². The molecule has 3 nitrogen and oxygen atoms in total. The van der Waals surface area contributed by atoms with Gasteiger partial charge in [-0.25, -0.2) is 4.98 Å². The van der Waals surface area contributed by atoms with Crippen molar-refractivity contribution in [2.75, 3.05) is 0 Å². The standard InChI is InChI=1S/C10H14N2OS/c1-10(2,3)13-9-7(8(11)14)5-4-6-12-9/h4-6H,1-3H3,(H2,11,14). The first-order valence-electron chi connectivity index (χ1n) is 4.34. The summed E-state index contributed by atoms with van der Waals surface area (Å²) >= 11 is 4.90. The van der Waals surface area contributed by atoms with Gasteiger partial charge in [0.2, 0.25) is 5.88 Å². The topological polar surface area (TPSA) is 48.1 Å². The molecule has 0 bridgehead atoms. The molecule has 0 unspecified atom stereocenters. The lowest BCUT2D eigenvalue weighted by molar-refractivity contribution is 0.124. The van der Waals surface area contributed by atoms with Crippen molar-refractivity contribution in [3.63, 3.8) is 0 Å². The number of pyridine rings is 1. The first-order valence-corrected chi connectivity index (χ1v) is 4.75. The van der Waals surface area contributed by atoms with Crippen LogP contribution in [0.5, 0.6) is 5.88 Å². The fraction of sp³-hybridized carbons (Fsp3) is 0.400. The van der Waals surface area contributed by atoms with Crippen LogP contribution in [0.25, 0.3) is 0 Å². The normalized spacial score (nSPS) is 11.1. The number of thiocarbonyl (C=S) groups is 1. The van der Waals surface area contributed by atoms with E-state index in [1.807, 2.05) is 20.8 Å². The first-order chi connectivity index (χ1) is 6.40. The highest BCUT2D eigenvalue weighted by Crippen LogP contribution is 2.19. The Balaban J connectivity index is 3.02. The van der Waals surface area contributed by atoms with Gasteiger partial charge in [0.15, 0.2) is 0 Å². The van der Waals surface area contributed by atoms with Crippen LogP contribution in [0.1, 0.15) is 26.3 Å². The maximum absolute atomic E-state index is 5.62. The molecule has 0 aromatic carbocycles. The zero-order valence-corrected chi connectivity index (χ0v) is 9.39. The third-order valence-electron chi connectivity index (χ3n) is 1.44. The number of nitrogens with two attached hydrogens (primary N) is 1. The molecule has 2 N–H and O–H groups in total. The summed E-state index contributed by atoms with van der Waals surface area (Å²) in [6.45, 7) is 5.85. The Labute approximate surface area is 89.3 Å². The number of aromatic nitrogens is 1. The van der Waals surface area contributed by atoms with Gasteiger partial charge in [0.05, 0.1) is 5.56 Å². The van der Waals surface area contributed by atoms with E-state index >= 15 is 0 Å². The highest BCUT2D eigenvalue weighted by atomic mass is 32.1.